The Kier molecular flexibility index (Phi) is 35.2. The van der Waals surface area contributed by atoms with Crippen molar-refractivity contribution in [3.8, 4) is 0 Å². The van der Waals surface area contributed by atoms with Crippen LogP contribution in [0.2, 0.25) is 0 Å². The molecule has 11 nitrogen and oxygen atoms in total. The lowest BCUT2D eigenvalue weighted by Gasteiger charge is -2.20. The van der Waals surface area contributed by atoms with E-state index in [1.54, 1.807) is 0 Å². The topological polar surface area (TPSA) is 172 Å². The molecule has 0 fully saturated rings. The van der Waals surface area contributed by atoms with Crippen LogP contribution in [-0.2, 0) is 37.5 Å². The lowest BCUT2D eigenvalue weighted by molar-refractivity contribution is -0.161. The van der Waals surface area contributed by atoms with Gasteiger partial charge in [-0.1, -0.05) is 126 Å². The van der Waals surface area contributed by atoms with Gasteiger partial charge in [-0.25, -0.2) is 4.57 Å². The van der Waals surface area contributed by atoms with Gasteiger partial charge in [0.1, 0.15) is 12.6 Å². The number of allylic oxidation sites excluding steroid dienone is 10. The van der Waals surface area contributed by atoms with Crippen molar-refractivity contribution < 1.29 is 47.5 Å². The number of phosphoric acid groups is 1. The van der Waals surface area contributed by atoms with Crippen LogP contribution in [0.15, 0.2) is 60.8 Å². The quantitative estimate of drug-likeness (QED) is 0.0237. The summed E-state index contributed by atoms with van der Waals surface area (Å²) in [4.78, 5) is 45.9. The van der Waals surface area contributed by atoms with Crippen molar-refractivity contribution in [3.05, 3.63) is 60.8 Å². The van der Waals surface area contributed by atoms with Gasteiger partial charge in [-0.2, -0.15) is 0 Å². The Labute approximate surface area is 326 Å². The summed E-state index contributed by atoms with van der Waals surface area (Å²) in [6.07, 6.45) is 41.4. The second-order valence-electron chi connectivity index (χ2n) is 13.4. The molecule has 4 N–H and O–H groups in total. The van der Waals surface area contributed by atoms with E-state index in [9.17, 15) is 23.8 Å². The zero-order chi connectivity index (χ0) is 40.0. The van der Waals surface area contributed by atoms with Crippen LogP contribution < -0.4 is 5.73 Å². The number of unbranched alkanes of at least 4 members (excludes halogenated alkanes) is 13. The van der Waals surface area contributed by atoms with Crippen molar-refractivity contribution in [2.45, 2.75) is 167 Å². The van der Waals surface area contributed by atoms with E-state index in [4.69, 9.17) is 24.8 Å². The van der Waals surface area contributed by atoms with Gasteiger partial charge in [0.15, 0.2) is 6.10 Å². The second-order valence-corrected chi connectivity index (χ2v) is 14.8. The Morgan fingerprint density at radius 1 is 0.593 bits per heavy atom. The van der Waals surface area contributed by atoms with Crippen LogP contribution in [0, 0.1) is 0 Å². The summed E-state index contributed by atoms with van der Waals surface area (Å²) in [5.74, 6) is -2.43. The van der Waals surface area contributed by atoms with Crippen LogP contribution in [0.25, 0.3) is 0 Å². The van der Waals surface area contributed by atoms with Gasteiger partial charge in [-0.3, -0.25) is 23.4 Å². The minimum Gasteiger partial charge on any atom is -0.480 e. The molecule has 0 saturated heterocycles. The summed E-state index contributed by atoms with van der Waals surface area (Å²) in [5, 5.41) is 8.87. The molecule has 3 atom stereocenters. The molecule has 0 aliphatic heterocycles. The monoisotopic (exact) mass is 781 g/mol. The first-order chi connectivity index (χ1) is 26.1. The number of carbonyl (C=O) groups excluding carboxylic acids is 2. The molecule has 0 aliphatic carbocycles. The molecule has 12 heteroatoms. The molecular formula is C42H72NO10P. The van der Waals surface area contributed by atoms with Gasteiger partial charge in [-0.05, 0) is 77.0 Å². The maximum absolute atomic E-state index is 12.6. The molecule has 0 heterocycles. The predicted octanol–water partition coefficient (Wildman–Crippen LogP) is 10.4. The highest BCUT2D eigenvalue weighted by Crippen LogP contribution is 2.43. The summed E-state index contributed by atoms with van der Waals surface area (Å²) in [6, 6.07) is -1.53. The second kappa shape index (κ2) is 37.1. The number of phosphoric ester groups is 1. The summed E-state index contributed by atoms with van der Waals surface area (Å²) >= 11 is 0. The number of carboxylic acids is 1. The minimum atomic E-state index is -4.72. The van der Waals surface area contributed by atoms with Crippen molar-refractivity contribution >= 4 is 25.7 Å². The molecule has 54 heavy (non-hydrogen) atoms. The van der Waals surface area contributed by atoms with E-state index in [1.165, 1.54) is 19.3 Å². The molecule has 0 aromatic heterocycles. The molecule has 0 amide bonds. The smallest absolute Gasteiger partial charge is 0.472 e. The van der Waals surface area contributed by atoms with Crippen LogP contribution in [0.1, 0.15) is 155 Å². The maximum Gasteiger partial charge on any atom is 0.472 e. The lowest BCUT2D eigenvalue weighted by atomic mass is 10.1. The highest BCUT2D eigenvalue weighted by Gasteiger charge is 2.28. The SMILES string of the molecule is CCC=CCC=CCC=CCCCCCCCC(=O)OCC(COP(=O)(O)OCC(N)C(=O)O)OC(=O)CCCCCCCC=CCC=CCCCCC. The Hall–Kier alpha value is -2.82. The van der Waals surface area contributed by atoms with Crippen molar-refractivity contribution in [2.24, 2.45) is 5.73 Å². The number of carboxylic acid groups (broad SMARTS) is 1. The Morgan fingerprint density at radius 3 is 1.56 bits per heavy atom. The highest BCUT2D eigenvalue weighted by atomic mass is 31.2. The molecule has 310 valence electrons. The standard InChI is InChI=1S/C42H72NO10P/c1-3-5-7-9-11-13-15-17-19-21-23-25-27-29-31-33-40(44)50-35-38(36-51-54(48,49)52-37-39(43)42(46)47)53-41(45)34-32-30-28-26-24-22-20-18-16-14-12-10-8-6-4-2/h5,7,11-14,17-20,38-39H,3-4,6,8-10,15-16,21-37,43H2,1-2H3,(H,46,47)(H,48,49). The molecular weight excluding hydrogens is 709 g/mol. The molecule has 0 aromatic carbocycles. The molecule has 0 spiro atoms. The molecule has 0 rings (SSSR count). The van der Waals surface area contributed by atoms with Crippen LogP contribution in [-0.4, -0.2) is 59.9 Å². The third-order valence-electron chi connectivity index (χ3n) is 8.25. The van der Waals surface area contributed by atoms with E-state index in [2.05, 4.69) is 79.1 Å². The van der Waals surface area contributed by atoms with Gasteiger partial charge in [0.2, 0.25) is 0 Å². The summed E-state index contributed by atoms with van der Waals surface area (Å²) < 4.78 is 32.6. The summed E-state index contributed by atoms with van der Waals surface area (Å²) in [6.45, 7) is 2.61. The Bertz CT molecular complexity index is 1150. The van der Waals surface area contributed by atoms with E-state index in [1.807, 2.05) is 0 Å². The van der Waals surface area contributed by atoms with Crippen molar-refractivity contribution in [1.82, 2.24) is 0 Å². The van der Waals surface area contributed by atoms with Gasteiger partial charge < -0.3 is 25.2 Å². The molecule has 0 aromatic rings. The van der Waals surface area contributed by atoms with E-state index in [0.717, 1.165) is 96.3 Å². The van der Waals surface area contributed by atoms with Crippen molar-refractivity contribution in [1.29, 1.82) is 0 Å². The van der Waals surface area contributed by atoms with Crippen molar-refractivity contribution in [2.75, 3.05) is 19.8 Å². The zero-order valence-electron chi connectivity index (χ0n) is 33.3. The highest BCUT2D eigenvalue weighted by molar-refractivity contribution is 7.47. The first-order valence-corrected chi connectivity index (χ1v) is 21.8. The number of nitrogens with two attached hydrogens (primary N) is 1. The fraction of sp³-hybridized carbons (Fsp3) is 0.690. The third-order valence-corrected chi connectivity index (χ3v) is 9.20. The van der Waals surface area contributed by atoms with E-state index in [0.29, 0.717) is 12.8 Å². The normalized spacial score (nSPS) is 14.4. The van der Waals surface area contributed by atoms with Crippen LogP contribution in [0.4, 0.5) is 0 Å². The number of esters is 2. The molecule has 0 aliphatic rings. The maximum atomic E-state index is 12.6. The van der Waals surface area contributed by atoms with Gasteiger partial charge >= 0.3 is 25.7 Å². The van der Waals surface area contributed by atoms with E-state index in [-0.39, 0.29) is 19.4 Å². The average molecular weight is 782 g/mol. The molecule has 0 radical (unpaired) electrons. The van der Waals surface area contributed by atoms with Crippen LogP contribution >= 0.6 is 7.82 Å². The number of ether oxygens (including phenoxy) is 2. The lowest BCUT2D eigenvalue weighted by Crippen LogP contribution is -2.34. The number of hydrogen-bond acceptors (Lipinski definition) is 9. The Morgan fingerprint density at radius 2 is 1.04 bits per heavy atom. The summed E-state index contributed by atoms with van der Waals surface area (Å²) in [7, 11) is -4.72. The molecule has 0 saturated carbocycles. The molecule has 3 unspecified atom stereocenters. The van der Waals surface area contributed by atoms with Gasteiger partial charge in [-0.15, -0.1) is 0 Å². The number of rotatable bonds is 37. The van der Waals surface area contributed by atoms with Gasteiger partial charge in [0, 0.05) is 12.8 Å². The van der Waals surface area contributed by atoms with Crippen LogP contribution in [0.5, 0.6) is 0 Å². The number of hydrogen-bond donors (Lipinski definition) is 3. The zero-order valence-corrected chi connectivity index (χ0v) is 34.2. The molecule has 0 bridgehead atoms. The number of aliphatic carboxylic acids is 1. The van der Waals surface area contributed by atoms with Crippen LogP contribution in [0.3, 0.4) is 0 Å². The fourth-order valence-electron chi connectivity index (χ4n) is 5.05. The van der Waals surface area contributed by atoms with Gasteiger partial charge in [0.05, 0.1) is 13.2 Å². The fourth-order valence-corrected chi connectivity index (χ4v) is 5.83. The van der Waals surface area contributed by atoms with E-state index < -0.39 is 51.1 Å². The number of carbonyl (C=O) groups is 3. The summed E-state index contributed by atoms with van der Waals surface area (Å²) in [5.41, 5.74) is 5.32. The first kappa shape index (κ1) is 51.2. The van der Waals surface area contributed by atoms with Gasteiger partial charge in [0.25, 0.3) is 0 Å². The third kappa shape index (κ3) is 36.2. The first-order valence-electron chi connectivity index (χ1n) is 20.3. The minimum absolute atomic E-state index is 0.138. The Balaban J connectivity index is 4.47. The van der Waals surface area contributed by atoms with E-state index >= 15 is 0 Å². The van der Waals surface area contributed by atoms with Crippen molar-refractivity contribution in [3.63, 3.8) is 0 Å². The average Bonchev–Trinajstić information content (AvgIpc) is 3.14. The predicted molar refractivity (Wildman–Crippen MR) is 217 cm³/mol. The largest absolute Gasteiger partial charge is 0.480 e.